The fourth-order valence-electron chi connectivity index (χ4n) is 2.61. The van der Waals surface area contributed by atoms with Crippen LogP contribution in [0.25, 0.3) is 0 Å². The van der Waals surface area contributed by atoms with Crippen molar-refractivity contribution < 1.29 is 13.2 Å². The molecule has 0 saturated heterocycles. The van der Waals surface area contributed by atoms with Crippen LogP contribution in [-0.4, -0.2) is 38.9 Å². The van der Waals surface area contributed by atoms with Gasteiger partial charge in [-0.15, -0.1) is 0 Å². The van der Waals surface area contributed by atoms with E-state index >= 15 is 0 Å². The van der Waals surface area contributed by atoms with Crippen LogP contribution in [0.2, 0.25) is 0 Å². The van der Waals surface area contributed by atoms with E-state index in [4.69, 9.17) is 0 Å². The number of hydrogen-bond acceptors (Lipinski definition) is 3. The van der Waals surface area contributed by atoms with Gasteiger partial charge in [-0.3, -0.25) is 4.72 Å². The molecule has 8 heteroatoms. The lowest BCUT2D eigenvalue weighted by Gasteiger charge is -2.21. The summed E-state index contributed by atoms with van der Waals surface area (Å²) in [4.78, 5) is 12.2. The van der Waals surface area contributed by atoms with Crippen molar-refractivity contribution in [1.82, 2.24) is 9.62 Å². The highest BCUT2D eigenvalue weighted by Gasteiger charge is 2.15. The summed E-state index contributed by atoms with van der Waals surface area (Å²) in [5, 5.41) is 5.66. The standard InChI is InChI=1S/C17H26N4O3S/c1-13(14-8-5-4-6-9-14)18-17(22)19-15-10-7-11-16(12-15)20-25(23,24)21(2)3/h7-8,10-13,20H,4-6,9H2,1-3H3,(H2,18,19,22). The van der Waals surface area contributed by atoms with Crippen molar-refractivity contribution in [3.63, 3.8) is 0 Å². The molecule has 0 heterocycles. The fourth-order valence-corrected chi connectivity index (χ4v) is 3.22. The van der Waals surface area contributed by atoms with E-state index < -0.39 is 10.2 Å². The maximum absolute atomic E-state index is 12.2. The molecule has 1 unspecified atom stereocenters. The summed E-state index contributed by atoms with van der Waals surface area (Å²) >= 11 is 0. The van der Waals surface area contributed by atoms with E-state index in [0.29, 0.717) is 11.4 Å². The molecule has 1 atom stereocenters. The molecular formula is C17H26N4O3S. The molecule has 1 aromatic carbocycles. The predicted molar refractivity (Wildman–Crippen MR) is 101 cm³/mol. The predicted octanol–water partition coefficient (Wildman–Crippen LogP) is 2.92. The smallest absolute Gasteiger partial charge is 0.319 e. The van der Waals surface area contributed by atoms with Crippen LogP contribution in [0.4, 0.5) is 16.2 Å². The average Bonchev–Trinajstić information content (AvgIpc) is 2.55. The normalized spacial score (nSPS) is 16.1. The van der Waals surface area contributed by atoms with E-state index in [1.807, 2.05) is 6.92 Å². The Morgan fingerprint density at radius 2 is 1.92 bits per heavy atom. The first kappa shape index (κ1) is 19.3. The van der Waals surface area contributed by atoms with Gasteiger partial charge < -0.3 is 10.6 Å². The van der Waals surface area contributed by atoms with E-state index in [1.165, 1.54) is 26.1 Å². The van der Waals surface area contributed by atoms with Crippen molar-refractivity contribution in [3.05, 3.63) is 35.9 Å². The quantitative estimate of drug-likeness (QED) is 0.676. The molecule has 0 aromatic heterocycles. The molecule has 1 aliphatic rings. The number of nitrogens with one attached hydrogen (secondary N) is 3. The van der Waals surface area contributed by atoms with E-state index in [9.17, 15) is 13.2 Å². The number of nitrogens with zero attached hydrogens (tertiary/aromatic N) is 1. The van der Waals surface area contributed by atoms with Crippen LogP contribution < -0.4 is 15.4 Å². The van der Waals surface area contributed by atoms with Gasteiger partial charge in [0.1, 0.15) is 0 Å². The Balaban J connectivity index is 1.97. The topological polar surface area (TPSA) is 90.5 Å². The van der Waals surface area contributed by atoms with Gasteiger partial charge in [0.2, 0.25) is 0 Å². The molecule has 0 saturated carbocycles. The molecular weight excluding hydrogens is 340 g/mol. The minimum absolute atomic E-state index is 0.0178. The third kappa shape index (κ3) is 5.75. The number of rotatable bonds is 6. The Kier molecular flexibility index (Phi) is 6.44. The summed E-state index contributed by atoms with van der Waals surface area (Å²) in [5.74, 6) is 0. The zero-order valence-electron chi connectivity index (χ0n) is 14.9. The van der Waals surface area contributed by atoms with E-state index in [0.717, 1.165) is 23.6 Å². The first-order chi connectivity index (χ1) is 11.8. The van der Waals surface area contributed by atoms with Crippen molar-refractivity contribution in [3.8, 4) is 0 Å². The first-order valence-electron chi connectivity index (χ1n) is 8.35. The van der Waals surface area contributed by atoms with Crippen molar-refractivity contribution in [2.24, 2.45) is 0 Å². The molecule has 7 nitrogen and oxygen atoms in total. The highest BCUT2D eigenvalue weighted by molar-refractivity contribution is 7.90. The second-order valence-corrected chi connectivity index (χ2v) is 8.20. The van der Waals surface area contributed by atoms with Crippen LogP contribution in [0, 0.1) is 0 Å². The summed E-state index contributed by atoms with van der Waals surface area (Å²) in [7, 11) is -0.695. The Bertz CT molecular complexity index is 744. The minimum atomic E-state index is -3.58. The van der Waals surface area contributed by atoms with Gasteiger partial charge in [0, 0.05) is 25.8 Å². The lowest BCUT2D eigenvalue weighted by Crippen LogP contribution is -2.37. The third-order valence-corrected chi connectivity index (χ3v) is 5.53. The molecule has 0 aliphatic heterocycles. The van der Waals surface area contributed by atoms with E-state index in [2.05, 4.69) is 21.4 Å². The Morgan fingerprint density at radius 1 is 1.20 bits per heavy atom. The number of carbonyl (C=O) groups excluding carboxylic acids is 1. The van der Waals surface area contributed by atoms with E-state index in [-0.39, 0.29) is 12.1 Å². The van der Waals surface area contributed by atoms with E-state index in [1.54, 1.807) is 24.3 Å². The van der Waals surface area contributed by atoms with Crippen molar-refractivity contribution >= 4 is 27.6 Å². The van der Waals surface area contributed by atoms with Gasteiger partial charge in [0.05, 0.1) is 5.69 Å². The average molecular weight is 366 g/mol. The molecule has 0 fully saturated rings. The summed E-state index contributed by atoms with van der Waals surface area (Å²) < 4.78 is 27.2. The lowest BCUT2D eigenvalue weighted by molar-refractivity contribution is 0.250. The number of urea groups is 1. The highest BCUT2D eigenvalue weighted by atomic mass is 32.2. The van der Waals surface area contributed by atoms with Crippen LogP contribution in [0.1, 0.15) is 32.6 Å². The fraction of sp³-hybridized carbons (Fsp3) is 0.471. The van der Waals surface area contributed by atoms with Crippen LogP contribution in [0.15, 0.2) is 35.9 Å². The van der Waals surface area contributed by atoms with Gasteiger partial charge >= 0.3 is 16.2 Å². The van der Waals surface area contributed by atoms with Crippen LogP contribution in [0.5, 0.6) is 0 Å². The maximum atomic E-state index is 12.2. The Morgan fingerprint density at radius 3 is 2.56 bits per heavy atom. The molecule has 25 heavy (non-hydrogen) atoms. The van der Waals surface area contributed by atoms with Gasteiger partial charge in [-0.25, -0.2) is 4.79 Å². The number of hydrogen-bond donors (Lipinski definition) is 3. The van der Waals surface area contributed by atoms with Gasteiger partial charge in [-0.1, -0.05) is 17.7 Å². The number of anilines is 2. The van der Waals surface area contributed by atoms with Crippen molar-refractivity contribution in [1.29, 1.82) is 0 Å². The molecule has 138 valence electrons. The van der Waals surface area contributed by atoms with Gasteiger partial charge in [0.25, 0.3) is 0 Å². The lowest BCUT2D eigenvalue weighted by atomic mass is 9.95. The maximum Gasteiger partial charge on any atom is 0.319 e. The van der Waals surface area contributed by atoms with Crippen LogP contribution >= 0.6 is 0 Å². The highest BCUT2D eigenvalue weighted by Crippen LogP contribution is 2.20. The summed E-state index contributed by atoms with van der Waals surface area (Å²) in [6.45, 7) is 1.97. The largest absolute Gasteiger partial charge is 0.332 e. The Hall–Kier alpha value is -2.06. The summed E-state index contributed by atoms with van der Waals surface area (Å²) in [6.07, 6.45) is 6.65. The molecule has 0 spiro atoms. The number of allylic oxidation sites excluding steroid dienone is 1. The molecule has 2 rings (SSSR count). The zero-order valence-corrected chi connectivity index (χ0v) is 15.7. The van der Waals surface area contributed by atoms with Crippen molar-refractivity contribution in [2.45, 2.75) is 38.6 Å². The van der Waals surface area contributed by atoms with Gasteiger partial charge in [-0.2, -0.15) is 12.7 Å². The molecule has 1 aromatic rings. The second-order valence-electron chi connectivity index (χ2n) is 6.32. The third-order valence-electron chi connectivity index (χ3n) is 4.08. The van der Waals surface area contributed by atoms with Crippen LogP contribution in [-0.2, 0) is 10.2 Å². The van der Waals surface area contributed by atoms with Gasteiger partial charge in [0.15, 0.2) is 0 Å². The molecule has 0 radical (unpaired) electrons. The monoisotopic (exact) mass is 366 g/mol. The molecule has 2 amide bonds. The summed E-state index contributed by atoms with van der Waals surface area (Å²) in [5.41, 5.74) is 2.16. The van der Waals surface area contributed by atoms with Crippen molar-refractivity contribution in [2.75, 3.05) is 24.1 Å². The first-order valence-corrected chi connectivity index (χ1v) is 9.79. The molecule has 0 bridgehead atoms. The van der Waals surface area contributed by atoms with Crippen LogP contribution in [0.3, 0.4) is 0 Å². The number of benzene rings is 1. The second kappa shape index (κ2) is 8.35. The number of carbonyl (C=O) groups is 1. The minimum Gasteiger partial charge on any atom is -0.332 e. The molecule has 3 N–H and O–H groups in total. The van der Waals surface area contributed by atoms with Gasteiger partial charge in [-0.05, 0) is 50.8 Å². The Labute approximate surface area is 149 Å². The number of amides is 2. The summed E-state index contributed by atoms with van der Waals surface area (Å²) in [6, 6.07) is 6.25. The molecule has 1 aliphatic carbocycles. The zero-order chi connectivity index (χ0) is 18.4. The SMILES string of the molecule is CC(NC(=O)Nc1cccc(NS(=O)(=O)N(C)C)c1)C1=CCCCC1.